The molecule has 0 unspecified atom stereocenters. The monoisotopic (exact) mass is 341 g/mol. The van der Waals surface area contributed by atoms with Crippen molar-refractivity contribution in [1.29, 1.82) is 5.26 Å². The van der Waals surface area contributed by atoms with Crippen molar-refractivity contribution in [3.63, 3.8) is 0 Å². The number of halogens is 1. The summed E-state index contributed by atoms with van der Waals surface area (Å²) < 4.78 is 23.2. The van der Waals surface area contributed by atoms with Crippen LogP contribution in [0.5, 0.6) is 11.5 Å². The molecule has 6 nitrogen and oxygen atoms in total. The van der Waals surface area contributed by atoms with Crippen LogP contribution in [0.1, 0.15) is 0 Å². The Hall–Kier alpha value is -3.53. The number of carbonyl (C=O) groups is 1. The summed E-state index contributed by atoms with van der Waals surface area (Å²) in [5.74, 6) is 0.0733. The zero-order valence-corrected chi connectivity index (χ0v) is 13.7. The first-order chi connectivity index (χ1) is 12.1. The summed E-state index contributed by atoms with van der Waals surface area (Å²) in [6.07, 6.45) is 1.27. The van der Waals surface area contributed by atoms with Crippen LogP contribution in [0.25, 0.3) is 0 Å². The molecule has 128 valence electrons. The van der Waals surface area contributed by atoms with E-state index in [1.54, 1.807) is 18.2 Å². The van der Waals surface area contributed by atoms with Crippen LogP contribution in [0, 0.1) is 17.1 Å². The number of ether oxygens (including phenoxy) is 2. The lowest BCUT2D eigenvalue weighted by atomic mass is 10.2. The molecule has 1 amide bonds. The molecule has 0 saturated carbocycles. The minimum atomic E-state index is -0.617. The molecule has 0 aromatic heterocycles. The maximum Gasteiger partial charge on any atom is 0.267 e. The number of nitrogens with one attached hydrogen (secondary N) is 2. The highest BCUT2D eigenvalue weighted by Gasteiger charge is 2.10. The minimum Gasteiger partial charge on any atom is -0.497 e. The van der Waals surface area contributed by atoms with Crippen LogP contribution in [-0.4, -0.2) is 20.1 Å². The van der Waals surface area contributed by atoms with Gasteiger partial charge in [-0.3, -0.25) is 4.79 Å². The lowest BCUT2D eigenvalue weighted by Gasteiger charge is -2.10. The second-order valence-corrected chi connectivity index (χ2v) is 4.84. The number of rotatable bonds is 6. The second kappa shape index (κ2) is 8.36. The summed E-state index contributed by atoms with van der Waals surface area (Å²) in [5.41, 5.74) is 0.794. The molecule has 0 atom stereocenters. The number of hydrogen-bond acceptors (Lipinski definition) is 5. The third-order valence-electron chi connectivity index (χ3n) is 3.25. The Bertz CT molecular complexity index is 826. The van der Waals surface area contributed by atoms with Gasteiger partial charge in [-0.15, -0.1) is 0 Å². The Morgan fingerprint density at radius 1 is 1.16 bits per heavy atom. The van der Waals surface area contributed by atoms with E-state index in [0.717, 1.165) is 0 Å². The number of hydrogen-bond donors (Lipinski definition) is 2. The fourth-order valence-corrected chi connectivity index (χ4v) is 1.95. The van der Waals surface area contributed by atoms with Crippen LogP contribution in [0.4, 0.5) is 15.8 Å². The molecule has 0 bridgehead atoms. The SMILES string of the molecule is COc1ccc(N/C=C(/C#N)C(=O)Nc2ccc(F)cc2)c(OC)c1. The summed E-state index contributed by atoms with van der Waals surface area (Å²) in [4.78, 5) is 12.1. The Labute approximate surface area is 144 Å². The van der Waals surface area contributed by atoms with Crippen LogP contribution >= 0.6 is 0 Å². The standard InChI is InChI=1S/C18H16FN3O3/c1-24-15-7-8-16(17(9-15)25-2)21-11-12(10-20)18(23)22-14-5-3-13(19)4-6-14/h3-9,11,21H,1-2H3,(H,22,23)/b12-11-. The van der Waals surface area contributed by atoms with E-state index < -0.39 is 11.7 Å². The molecule has 0 heterocycles. The molecule has 2 aromatic rings. The maximum absolute atomic E-state index is 12.9. The van der Waals surface area contributed by atoms with Crippen molar-refractivity contribution in [3.8, 4) is 17.6 Å². The van der Waals surface area contributed by atoms with Crippen LogP contribution in [0.3, 0.4) is 0 Å². The van der Waals surface area contributed by atoms with E-state index >= 15 is 0 Å². The molecular weight excluding hydrogens is 325 g/mol. The molecule has 2 N–H and O–H groups in total. The van der Waals surface area contributed by atoms with E-state index in [2.05, 4.69) is 10.6 Å². The second-order valence-electron chi connectivity index (χ2n) is 4.84. The first kappa shape index (κ1) is 17.8. The fraction of sp³-hybridized carbons (Fsp3) is 0.111. The van der Waals surface area contributed by atoms with Crippen molar-refractivity contribution in [2.24, 2.45) is 0 Å². The normalized spacial score (nSPS) is 10.6. The Morgan fingerprint density at radius 3 is 2.48 bits per heavy atom. The van der Waals surface area contributed by atoms with Gasteiger partial charge in [-0.2, -0.15) is 5.26 Å². The van der Waals surface area contributed by atoms with Gasteiger partial charge in [-0.25, -0.2) is 4.39 Å². The van der Waals surface area contributed by atoms with Gasteiger partial charge in [0.15, 0.2) is 0 Å². The van der Waals surface area contributed by atoms with Gasteiger partial charge in [0, 0.05) is 18.0 Å². The predicted octanol–water partition coefficient (Wildman–Crippen LogP) is 3.30. The number of methoxy groups -OCH3 is 2. The van der Waals surface area contributed by atoms with Gasteiger partial charge < -0.3 is 20.1 Å². The van der Waals surface area contributed by atoms with Crippen molar-refractivity contribution in [3.05, 3.63) is 60.1 Å². The third-order valence-corrected chi connectivity index (χ3v) is 3.25. The number of amides is 1. The average molecular weight is 341 g/mol. The highest BCUT2D eigenvalue weighted by molar-refractivity contribution is 6.06. The molecule has 0 fully saturated rings. The summed E-state index contributed by atoms with van der Waals surface area (Å²) >= 11 is 0. The molecular formula is C18H16FN3O3. The highest BCUT2D eigenvalue weighted by Crippen LogP contribution is 2.29. The van der Waals surface area contributed by atoms with Gasteiger partial charge in [-0.05, 0) is 36.4 Å². The number of anilines is 2. The fourth-order valence-electron chi connectivity index (χ4n) is 1.95. The molecule has 0 aliphatic heterocycles. The quantitative estimate of drug-likeness (QED) is 0.622. The third kappa shape index (κ3) is 4.72. The van der Waals surface area contributed by atoms with Crippen molar-refractivity contribution >= 4 is 17.3 Å². The largest absolute Gasteiger partial charge is 0.497 e. The van der Waals surface area contributed by atoms with E-state index in [4.69, 9.17) is 9.47 Å². The molecule has 0 aliphatic rings. The zero-order valence-electron chi connectivity index (χ0n) is 13.7. The number of nitrogens with zero attached hydrogens (tertiary/aromatic N) is 1. The van der Waals surface area contributed by atoms with Crippen molar-refractivity contribution in [2.75, 3.05) is 24.9 Å². The van der Waals surface area contributed by atoms with Gasteiger partial charge in [0.05, 0.1) is 19.9 Å². The molecule has 7 heteroatoms. The van der Waals surface area contributed by atoms with Gasteiger partial charge >= 0.3 is 0 Å². The highest BCUT2D eigenvalue weighted by atomic mass is 19.1. The topological polar surface area (TPSA) is 83.4 Å². The number of nitriles is 1. The molecule has 0 saturated heterocycles. The van der Waals surface area contributed by atoms with Gasteiger partial charge in [0.2, 0.25) is 0 Å². The molecule has 2 aromatic carbocycles. The molecule has 25 heavy (non-hydrogen) atoms. The zero-order chi connectivity index (χ0) is 18.2. The minimum absolute atomic E-state index is 0.151. The van der Waals surface area contributed by atoms with E-state index in [1.807, 2.05) is 6.07 Å². The van der Waals surface area contributed by atoms with E-state index in [0.29, 0.717) is 22.9 Å². The molecule has 2 rings (SSSR count). The van der Waals surface area contributed by atoms with Crippen molar-refractivity contribution < 1.29 is 18.7 Å². The molecule has 0 aliphatic carbocycles. The Morgan fingerprint density at radius 2 is 1.88 bits per heavy atom. The van der Waals surface area contributed by atoms with Crippen LogP contribution < -0.4 is 20.1 Å². The lowest BCUT2D eigenvalue weighted by Crippen LogP contribution is -2.14. The van der Waals surface area contributed by atoms with E-state index in [-0.39, 0.29) is 5.57 Å². The number of carbonyl (C=O) groups excluding carboxylic acids is 1. The van der Waals surface area contributed by atoms with Crippen LogP contribution in [0.15, 0.2) is 54.2 Å². The van der Waals surface area contributed by atoms with E-state index in [9.17, 15) is 14.4 Å². The summed E-state index contributed by atoms with van der Waals surface area (Å²) in [6.45, 7) is 0. The number of benzene rings is 2. The van der Waals surface area contributed by atoms with Gasteiger partial charge in [0.25, 0.3) is 5.91 Å². The Kier molecular flexibility index (Phi) is 5.96. The molecule has 0 radical (unpaired) electrons. The summed E-state index contributed by atoms with van der Waals surface area (Å²) in [5, 5.41) is 14.5. The van der Waals surface area contributed by atoms with E-state index in [1.165, 1.54) is 44.7 Å². The van der Waals surface area contributed by atoms with Gasteiger partial charge in [-0.1, -0.05) is 0 Å². The first-order valence-corrected chi connectivity index (χ1v) is 7.23. The van der Waals surface area contributed by atoms with Crippen LogP contribution in [-0.2, 0) is 4.79 Å². The maximum atomic E-state index is 12.9. The predicted molar refractivity (Wildman–Crippen MR) is 91.9 cm³/mol. The Balaban J connectivity index is 2.13. The first-order valence-electron chi connectivity index (χ1n) is 7.23. The van der Waals surface area contributed by atoms with Gasteiger partial charge in [0.1, 0.15) is 29.0 Å². The smallest absolute Gasteiger partial charge is 0.267 e. The van der Waals surface area contributed by atoms with Crippen molar-refractivity contribution in [1.82, 2.24) is 0 Å². The summed E-state index contributed by atoms with van der Waals surface area (Å²) in [6, 6.07) is 12.1. The van der Waals surface area contributed by atoms with Crippen LogP contribution in [0.2, 0.25) is 0 Å². The molecule has 0 spiro atoms. The summed E-state index contributed by atoms with van der Waals surface area (Å²) in [7, 11) is 3.03. The lowest BCUT2D eigenvalue weighted by molar-refractivity contribution is -0.112. The van der Waals surface area contributed by atoms with Crippen molar-refractivity contribution in [2.45, 2.75) is 0 Å². The average Bonchev–Trinajstić information content (AvgIpc) is 2.64.